The Hall–Kier alpha value is -2.87. The van der Waals surface area contributed by atoms with Crippen LogP contribution in [0, 0.1) is 0 Å². The van der Waals surface area contributed by atoms with E-state index < -0.39 is 17.9 Å². The van der Waals surface area contributed by atoms with Gasteiger partial charge in [-0.1, -0.05) is 53.5 Å². The molecule has 3 aromatic rings. The van der Waals surface area contributed by atoms with Gasteiger partial charge in [-0.3, -0.25) is 25.8 Å². The van der Waals surface area contributed by atoms with Gasteiger partial charge in [0.05, 0.1) is 0 Å². The Morgan fingerprint density at radius 1 is 0.933 bits per heavy atom. The summed E-state index contributed by atoms with van der Waals surface area (Å²) in [7, 11) is 0. The molecule has 0 aromatic heterocycles. The first-order valence-electron chi connectivity index (χ1n) is 8.84. The van der Waals surface area contributed by atoms with Crippen LogP contribution in [-0.2, 0) is 4.79 Å². The number of carbonyl (C=O) groups excluding carboxylic acids is 2. The number of ether oxygens (including phenoxy) is 1. The van der Waals surface area contributed by atoms with Crippen molar-refractivity contribution in [3.63, 3.8) is 0 Å². The summed E-state index contributed by atoms with van der Waals surface area (Å²) in [6, 6.07) is 17.8. The van der Waals surface area contributed by atoms with Crippen molar-refractivity contribution in [1.29, 1.82) is 0 Å². The molecule has 3 rings (SSSR count). The molecule has 0 bridgehead atoms. The average molecular weight is 462 g/mol. The Kier molecular flexibility index (Phi) is 7.10. The maximum atomic E-state index is 12.3. The normalized spacial score (nSPS) is 11.4. The summed E-state index contributed by atoms with van der Waals surface area (Å²) in [6.45, 7) is 1.60. The molecular weight excluding hydrogens is 445 g/mol. The quantitative estimate of drug-likeness (QED) is 0.399. The third kappa shape index (κ3) is 5.82. The Bertz CT molecular complexity index is 1100. The number of hydrogen-bond donors (Lipinski definition) is 3. The molecule has 30 heavy (non-hydrogen) atoms. The Labute approximate surface area is 188 Å². The highest BCUT2D eigenvalue weighted by atomic mass is 35.5. The van der Waals surface area contributed by atoms with Crippen molar-refractivity contribution in [2.75, 3.05) is 0 Å². The van der Waals surface area contributed by atoms with Crippen molar-refractivity contribution in [2.24, 2.45) is 0 Å². The second kappa shape index (κ2) is 9.75. The summed E-state index contributed by atoms with van der Waals surface area (Å²) in [5.41, 5.74) is 5.09. The van der Waals surface area contributed by atoms with Crippen LogP contribution >= 0.6 is 35.4 Å². The molecule has 3 aromatic carbocycles. The molecule has 0 fully saturated rings. The van der Waals surface area contributed by atoms with E-state index in [0.29, 0.717) is 15.8 Å². The van der Waals surface area contributed by atoms with Crippen LogP contribution in [0.2, 0.25) is 10.0 Å². The van der Waals surface area contributed by atoms with E-state index in [0.717, 1.165) is 10.8 Å². The van der Waals surface area contributed by atoms with Crippen LogP contribution in [0.4, 0.5) is 0 Å². The largest absolute Gasteiger partial charge is 0.481 e. The zero-order valence-electron chi connectivity index (χ0n) is 15.7. The van der Waals surface area contributed by atoms with Crippen LogP contribution in [0.5, 0.6) is 5.75 Å². The van der Waals surface area contributed by atoms with E-state index >= 15 is 0 Å². The first kappa shape index (κ1) is 21.8. The van der Waals surface area contributed by atoms with Crippen LogP contribution < -0.4 is 20.9 Å². The molecule has 0 aliphatic heterocycles. The molecule has 0 spiro atoms. The molecule has 0 radical (unpaired) electrons. The molecular formula is C21H17Cl2N3O3S. The highest BCUT2D eigenvalue weighted by Gasteiger charge is 2.16. The van der Waals surface area contributed by atoms with Crippen LogP contribution in [0.25, 0.3) is 10.8 Å². The monoisotopic (exact) mass is 461 g/mol. The Balaban J connectivity index is 1.51. The molecule has 9 heteroatoms. The zero-order chi connectivity index (χ0) is 21.7. The van der Waals surface area contributed by atoms with Gasteiger partial charge in [-0.05, 0) is 60.2 Å². The van der Waals surface area contributed by atoms with Crippen LogP contribution in [-0.4, -0.2) is 23.0 Å². The molecule has 3 N–H and O–H groups in total. The summed E-state index contributed by atoms with van der Waals surface area (Å²) >= 11 is 16.8. The van der Waals surface area contributed by atoms with Crippen molar-refractivity contribution in [3.8, 4) is 5.75 Å². The van der Waals surface area contributed by atoms with Crippen molar-refractivity contribution < 1.29 is 14.3 Å². The number of halogens is 2. The molecule has 0 aliphatic carbocycles. The predicted molar refractivity (Wildman–Crippen MR) is 122 cm³/mol. The molecule has 154 valence electrons. The standard InChI is InChI=1S/C21H17Cl2N3O3S/c1-12(29-18-7-6-13-4-2-3-5-14(13)10-18)19(27)25-26-21(30)24-20(28)15-8-16(22)11-17(23)9-15/h2-12H,1H3,(H,25,27)(H2,24,26,28,30). The van der Waals surface area contributed by atoms with Crippen molar-refractivity contribution in [2.45, 2.75) is 13.0 Å². The van der Waals surface area contributed by atoms with Gasteiger partial charge in [0.2, 0.25) is 0 Å². The number of fused-ring (bicyclic) bond motifs is 1. The minimum Gasteiger partial charge on any atom is -0.481 e. The number of amides is 2. The maximum absolute atomic E-state index is 12.3. The average Bonchev–Trinajstić information content (AvgIpc) is 2.71. The molecule has 2 amide bonds. The molecule has 1 unspecified atom stereocenters. The number of carbonyl (C=O) groups is 2. The van der Waals surface area contributed by atoms with Crippen molar-refractivity contribution >= 4 is 63.1 Å². The fourth-order valence-corrected chi connectivity index (χ4v) is 3.28. The molecule has 0 aliphatic rings. The van der Waals surface area contributed by atoms with Gasteiger partial charge in [-0.2, -0.15) is 0 Å². The van der Waals surface area contributed by atoms with Gasteiger partial charge >= 0.3 is 0 Å². The number of hydrazine groups is 1. The van der Waals surface area contributed by atoms with E-state index in [-0.39, 0.29) is 10.7 Å². The first-order valence-corrected chi connectivity index (χ1v) is 10.0. The lowest BCUT2D eigenvalue weighted by molar-refractivity contribution is -0.127. The summed E-state index contributed by atoms with van der Waals surface area (Å²) < 4.78 is 5.68. The minimum absolute atomic E-state index is 0.0950. The fraction of sp³-hybridized carbons (Fsp3) is 0.0952. The van der Waals surface area contributed by atoms with Gasteiger partial charge < -0.3 is 4.74 Å². The third-order valence-corrected chi connectivity index (χ3v) is 4.69. The number of hydrogen-bond acceptors (Lipinski definition) is 4. The second-order valence-corrected chi connectivity index (χ2v) is 7.61. The lowest BCUT2D eigenvalue weighted by Gasteiger charge is -2.16. The van der Waals surface area contributed by atoms with Crippen LogP contribution in [0.1, 0.15) is 17.3 Å². The first-order chi connectivity index (χ1) is 14.3. The minimum atomic E-state index is -0.802. The Morgan fingerprint density at radius 3 is 2.30 bits per heavy atom. The molecule has 1 atom stereocenters. The molecule has 6 nitrogen and oxygen atoms in total. The van der Waals surface area contributed by atoms with Crippen molar-refractivity contribution in [1.82, 2.24) is 16.2 Å². The topological polar surface area (TPSA) is 79.5 Å². The van der Waals surface area contributed by atoms with Crippen LogP contribution in [0.3, 0.4) is 0 Å². The smallest absolute Gasteiger partial charge is 0.279 e. The van der Waals surface area contributed by atoms with Gasteiger partial charge in [-0.25, -0.2) is 0 Å². The lowest BCUT2D eigenvalue weighted by atomic mass is 10.1. The number of thiocarbonyl (C=S) groups is 1. The Morgan fingerprint density at radius 2 is 1.60 bits per heavy atom. The van der Waals surface area contributed by atoms with E-state index in [1.165, 1.54) is 18.2 Å². The number of rotatable bonds is 4. The van der Waals surface area contributed by atoms with Gasteiger partial charge in [0.15, 0.2) is 11.2 Å². The summed E-state index contributed by atoms with van der Waals surface area (Å²) in [5, 5.41) is 5.05. The second-order valence-electron chi connectivity index (χ2n) is 6.32. The third-order valence-electron chi connectivity index (χ3n) is 4.05. The molecule has 0 saturated carbocycles. The molecule has 0 heterocycles. The summed E-state index contributed by atoms with van der Waals surface area (Å²) in [6.07, 6.45) is -0.802. The highest BCUT2D eigenvalue weighted by Crippen LogP contribution is 2.21. The van der Waals surface area contributed by atoms with E-state index in [4.69, 9.17) is 40.2 Å². The van der Waals surface area contributed by atoms with Gasteiger partial charge in [-0.15, -0.1) is 0 Å². The fourth-order valence-electron chi connectivity index (χ4n) is 2.61. The molecule has 0 saturated heterocycles. The van der Waals surface area contributed by atoms with Crippen LogP contribution in [0.15, 0.2) is 60.7 Å². The number of nitrogens with one attached hydrogen (secondary N) is 3. The van der Waals surface area contributed by atoms with Gasteiger partial charge in [0.1, 0.15) is 5.75 Å². The predicted octanol–water partition coefficient (Wildman–Crippen LogP) is 4.25. The van der Waals surface area contributed by atoms with E-state index in [1.54, 1.807) is 13.0 Å². The van der Waals surface area contributed by atoms with E-state index in [2.05, 4.69) is 16.2 Å². The van der Waals surface area contributed by atoms with E-state index in [1.807, 2.05) is 36.4 Å². The summed E-state index contributed by atoms with van der Waals surface area (Å²) in [5.74, 6) is -0.428. The lowest BCUT2D eigenvalue weighted by Crippen LogP contribution is -2.51. The number of benzene rings is 3. The maximum Gasteiger partial charge on any atom is 0.279 e. The SMILES string of the molecule is CC(Oc1ccc2ccccc2c1)C(=O)NNC(=S)NC(=O)c1cc(Cl)cc(Cl)c1. The zero-order valence-corrected chi connectivity index (χ0v) is 18.1. The highest BCUT2D eigenvalue weighted by molar-refractivity contribution is 7.80. The van der Waals surface area contributed by atoms with Gasteiger partial charge in [0.25, 0.3) is 11.8 Å². The summed E-state index contributed by atoms with van der Waals surface area (Å²) in [4.78, 5) is 24.4. The van der Waals surface area contributed by atoms with Gasteiger partial charge in [0, 0.05) is 15.6 Å². The van der Waals surface area contributed by atoms with Crippen molar-refractivity contribution in [3.05, 3.63) is 76.3 Å². The van der Waals surface area contributed by atoms with E-state index in [9.17, 15) is 9.59 Å².